The number of nitrogens with two attached hydrogens (primary N) is 1. The maximum absolute atomic E-state index is 13.3. The number of nitrogens with one attached hydrogen (secondary N) is 1. The number of benzene rings is 1. The van der Waals surface area contributed by atoms with Crippen LogP contribution in [0.1, 0.15) is 24.8 Å². The molecule has 2 unspecified atom stereocenters. The molecule has 5 heteroatoms. The van der Waals surface area contributed by atoms with Gasteiger partial charge in [-0.15, -0.1) is 0 Å². The lowest BCUT2D eigenvalue weighted by Crippen LogP contribution is -2.23. The smallest absolute Gasteiger partial charge is 0.227 e. The number of hydrogen-bond donors (Lipinski definition) is 2. The predicted octanol–water partition coefficient (Wildman–Crippen LogP) is 2.96. The number of anilines is 1. The molecule has 1 aliphatic rings. The van der Waals surface area contributed by atoms with Gasteiger partial charge in [-0.2, -0.15) is 0 Å². The molecule has 3 nitrogen and oxygen atoms in total. The van der Waals surface area contributed by atoms with Gasteiger partial charge >= 0.3 is 0 Å². The fourth-order valence-electron chi connectivity index (χ4n) is 2.27. The first-order valence-corrected chi connectivity index (χ1v) is 6.78. The maximum Gasteiger partial charge on any atom is 0.227 e. The van der Waals surface area contributed by atoms with Crippen LogP contribution in [0.3, 0.4) is 0 Å². The van der Waals surface area contributed by atoms with Crippen molar-refractivity contribution in [2.24, 2.45) is 11.7 Å². The number of aryl methyl sites for hydroxylation is 1. The molecule has 18 heavy (non-hydrogen) atoms. The van der Waals surface area contributed by atoms with Gasteiger partial charge in [0.1, 0.15) is 5.82 Å². The molecule has 1 aliphatic carbocycles. The van der Waals surface area contributed by atoms with Crippen LogP contribution in [-0.4, -0.2) is 11.9 Å². The summed E-state index contributed by atoms with van der Waals surface area (Å²) in [4.78, 5) is 12.0. The lowest BCUT2D eigenvalue weighted by molar-refractivity contribution is -0.119. The molecule has 1 aromatic carbocycles. The van der Waals surface area contributed by atoms with Gasteiger partial charge in [0, 0.05) is 17.6 Å². The largest absolute Gasteiger partial charge is 0.328 e. The molecule has 1 fully saturated rings. The monoisotopic (exact) mass is 314 g/mol. The molecule has 0 saturated heterocycles. The molecule has 0 bridgehead atoms. The van der Waals surface area contributed by atoms with E-state index in [1.807, 2.05) is 0 Å². The van der Waals surface area contributed by atoms with Crippen molar-refractivity contribution in [3.63, 3.8) is 0 Å². The Bertz CT molecular complexity index is 478. The van der Waals surface area contributed by atoms with E-state index >= 15 is 0 Å². The third-order valence-electron chi connectivity index (χ3n) is 3.37. The minimum atomic E-state index is -0.326. The third-order valence-corrected chi connectivity index (χ3v) is 3.98. The fraction of sp³-hybridized carbons (Fsp3) is 0.462. The van der Waals surface area contributed by atoms with Crippen molar-refractivity contribution in [1.82, 2.24) is 0 Å². The zero-order chi connectivity index (χ0) is 13.3. The molecule has 0 aliphatic heterocycles. The Kier molecular flexibility index (Phi) is 4.02. The topological polar surface area (TPSA) is 55.1 Å². The van der Waals surface area contributed by atoms with Crippen LogP contribution >= 0.6 is 15.9 Å². The first-order valence-electron chi connectivity index (χ1n) is 5.99. The van der Waals surface area contributed by atoms with Crippen molar-refractivity contribution < 1.29 is 9.18 Å². The summed E-state index contributed by atoms with van der Waals surface area (Å²) in [6, 6.07) is 3.12. The van der Waals surface area contributed by atoms with E-state index in [2.05, 4.69) is 21.2 Å². The number of amides is 1. The van der Waals surface area contributed by atoms with Crippen molar-refractivity contribution in [2.75, 3.05) is 5.32 Å². The van der Waals surface area contributed by atoms with E-state index in [0.29, 0.717) is 15.7 Å². The Labute approximate surface area is 114 Å². The molecule has 3 N–H and O–H groups in total. The van der Waals surface area contributed by atoms with Crippen LogP contribution in [0.2, 0.25) is 0 Å². The summed E-state index contributed by atoms with van der Waals surface area (Å²) in [6.45, 7) is 1.77. The van der Waals surface area contributed by atoms with Gasteiger partial charge in [-0.05, 0) is 59.8 Å². The molecule has 2 rings (SSSR count). The molecule has 2 atom stereocenters. The molecule has 1 saturated carbocycles. The highest BCUT2D eigenvalue weighted by atomic mass is 79.9. The molecular formula is C13H16BrFN2O. The van der Waals surface area contributed by atoms with Crippen molar-refractivity contribution in [2.45, 2.75) is 32.2 Å². The van der Waals surface area contributed by atoms with Crippen LogP contribution in [0, 0.1) is 18.7 Å². The minimum absolute atomic E-state index is 0.0236. The Balaban J connectivity index is 2.09. The zero-order valence-electron chi connectivity index (χ0n) is 10.2. The number of rotatable bonds is 2. The zero-order valence-corrected chi connectivity index (χ0v) is 11.8. The van der Waals surface area contributed by atoms with Gasteiger partial charge in [-0.25, -0.2) is 4.39 Å². The van der Waals surface area contributed by atoms with Crippen molar-refractivity contribution in [1.29, 1.82) is 0 Å². The lowest BCUT2D eigenvalue weighted by Gasteiger charge is -2.13. The third kappa shape index (κ3) is 2.90. The fourth-order valence-corrected chi connectivity index (χ4v) is 2.61. The highest BCUT2D eigenvalue weighted by Crippen LogP contribution is 2.28. The van der Waals surface area contributed by atoms with Crippen molar-refractivity contribution >= 4 is 27.5 Å². The summed E-state index contributed by atoms with van der Waals surface area (Å²) in [5.74, 6) is -0.374. The average molecular weight is 315 g/mol. The van der Waals surface area contributed by atoms with E-state index in [4.69, 9.17) is 5.73 Å². The van der Waals surface area contributed by atoms with Crippen molar-refractivity contribution in [3.8, 4) is 0 Å². The molecular weight excluding hydrogens is 299 g/mol. The van der Waals surface area contributed by atoms with E-state index in [1.54, 1.807) is 13.0 Å². The summed E-state index contributed by atoms with van der Waals surface area (Å²) in [5, 5.41) is 2.85. The Hall–Kier alpha value is -0.940. The standard InChI is InChI=1S/C13H16BrFN2O/c1-7-4-11(15)10(14)6-12(7)17-13(18)8-2-3-9(16)5-8/h4,6,8-9H,2-3,5,16H2,1H3,(H,17,18). The molecule has 0 heterocycles. The molecule has 0 radical (unpaired) electrons. The first kappa shape index (κ1) is 13.5. The van der Waals surface area contributed by atoms with Crippen LogP contribution in [0.4, 0.5) is 10.1 Å². The van der Waals surface area contributed by atoms with Gasteiger partial charge in [0.05, 0.1) is 4.47 Å². The number of halogens is 2. The summed E-state index contributed by atoms with van der Waals surface area (Å²) in [6.07, 6.45) is 2.45. The maximum atomic E-state index is 13.3. The van der Waals surface area contributed by atoms with E-state index in [9.17, 15) is 9.18 Å². The second-order valence-electron chi connectivity index (χ2n) is 4.84. The predicted molar refractivity (Wildman–Crippen MR) is 72.8 cm³/mol. The SMILES string of the molecule is Cc1cc(F)c(Br)cc1NC(=O)C1CCC(N)C1. The molecule has 0 spiro atoms. The van der Waals surface area contributed by atoms with Gasteiger partial charge < -0.3 is 11.1 Å². The summed E-state index contributed by atoms with van der Waals surface area (Å²) in [7, 11) is 0. The average Bonchev–Trinajstić information content (AvgIpc) is 2.73. The number of carbonyl (C=O) groups excluding carboxylic acids is 1. The molecule has 0 aromatic heterocycles. The van der Waals surface area contributed by atoms with Crippen LogP contribution < -0.4 is 11.1 Å². The van der Waals surface area contributed by atoms with Crippen LogP contribution in [0.15, 0.2) is 16.6 Å². The Morgan fingerprint density at radius 3 is 2.83 bits per heavy atom. The highest BCUT2D eigenvalue weighted by Gasteiger charge is 2.28. The molecule has 1 amide bonds. The number of carbonyl (C=O) groups is 1. The summed E-state index contributed by atoms with van der Waals surface area (Å²) >= 11 is 3.12. The van der Waals surface area contributed by atoms with E-state index in [0.717, 1.165) is 19.3 Å². The van der Waals surface area contributed by atoms with Gasteiger partial charge in [-0.1, -0.05) is 0 Å². The molecule has 98 valence electrons. The van der Waals surface area contributed by atoms with Crippen LogP contribution in [0.5, 0.6) is 0 Å². The van der Waals surface area contributed by atoms with Crippen LogP contribution in [0.25, 0.3) is 0 Å². The van der Waals surface area contributed by atoms with E-state index in [-0.39, 0.29) is 23.7 Å². The quantitative estimate of drug-likeness (QED) is 0.881. The van der Waals surface area contributed by atoms with Gasteiger partial charge in [-0.3, -0.25) is 4.79 Å². The first-order chi connectivity index (χ1) is 8.47. The van der Waals surface area contributed by atoms with Gasteiger partial charge in [0.2, 0.25) is 5.91 Å². The van der Waals surface area contributed by atoms with E-state index in [1.165, 1.54) is 6.07 Å². The second kappa shape index (κ2) is 5.36. The summed E-state index contributed by atoms with van der Waals surface area (Å²) in [5.41, 5.74) is 7.15. The second-order valence-corrected chi connectivity index (χ2v) is 5.69. The highest BCUT2D eigenvalue weighted by molar-refractivity contribution is 9.10. The Morgan fingerprint density at radius 1 is 1.50 bits per heavy atom. The lowest BCUT2D eigenvalue weighted by atomic mass is 10.1. The minimum Gasteiger partial charge on any atom is -0.328 e. The number of hydrogen-bond acceptors (Lipinski definition) is 2. The van der Waals surface area contributed by atoms with Crippen LogP contribution in [-0.2, 0) is 4.79 Å². The normalized spacial score (nSPS) is 23.1. The van der Waals surface area contributed by atoms with Gasteiger partial charge in [0.15, 0.2) is 0 Å². The molecule has 1 aromatic rings. The summed E-state index contributed by atoms with van der Waals surface area (Å²) < 4.78 is 13.6. The van der Waals surface area contributed by atoms with Crippen molar-refractivity contribution in [3.05, 3.63) is 28.0 Å². The van der Waals surface area contributed by atoms with Gasteiger partial charge in [0.25, 0.3) is 0 Å². The van der Waals surface area contributed by atoms with E-state index < -0.39 is 0 Å². The Morgan fingerprint density at radius 2 is 2.22 bits per heavy atom.